The fourth-order valence-electron chi connectivity index (χ4n) is 9.91. The van der Waals surface area contributed by atoms with Crippen LogP contribution in [-0.4, -0.2) is 16.6 Å². The Morgan fingerprint density at radius 3 is 2.47 bits per heavy atom. The van der Waals surface area contributed by atoms with Gasteiger partial charge in [0.15, 0.2) is 0 Å². The Kier molecular flexibility index (Phi) is 5.51. The van der Waals surface area contributed by atoms with Gasteiger partial charge in [0.1, 0.15) is 6.10 Å². The van der Waals surface area contributed by atoms with Crippen LogP contribution >= 0.6 is 0 Å². The first-order valence-electron chi connectivity index (χ1n) is 13.9. The average molecular weight is 466 g/mol. The van der Waals surface area contributed by atoms with Gasteiger partial charge in [0.05, 0.1) is 0 Å². The van der Waals surface area contributed by atoms with Gasteiger partial charge in [-0.25, -0.2) is 0 Å². The number of nitrogens with zero attached hydrogens (tertiary/aromatic N) is 1. The molecule has 0 bridgehead atoms. The van der Waals surface area contributed by atoms with Gasteiger partial charge in [-0.05, 0) is 83.1 Å². The van der Waals surface area contributed by atoms with Crippen molar-refractivity contribution in [2.24, 2.45) is 39.9 Å². The van der Waals surface area contributed by atoms with E-state index in [4.69, 9.17) is 4.74 Å². The summed E-state index contributed by atoms with van der Waals surface area (Å²) in [6.07, 6.45) is 17.1. The van der Waals surface area contributed by atoms with Gasteiger partial charge in [0, 0.05) is 31.3 Å². The minimum absolute atomic E-state index is 0.0766. The van der Waals surface area contributed by atoms with Gasteiger partial charge in [0.2, 0.25) is 0 Å². The SMILES string of the molecule is CC(=O)OC1CC2[C@@]3(C)CCCC(C)(C)C3CC[C@@]2(C)C2C=Cc3cn(CC(C)C)cc3[C@@]12C. The Balaban J connectivity index is 1.62. The van der Waals surface area contributed by atoms with E-state index < -0.39 is 0 Å². The first-order valence-corrected chi connectivity index (χ1v) is 13.9. The number of carbonyl (C=O) groups is 1. The Hall–Kier alpha value is -1.51. The summed E-state index contributed by atoms with van der Waals surface area (Å²) in [6.45, 7) is 19.8. The van der Waals surface area contributed by atoms with Crippen LogP contribution in [0.2, 0.25) is 0 Å². The van der Waals surface area contributed by atoms with E-state index >= 15 is 0 Å². The number of esters is 1. The van der Waals surface area contributed by atoms with Gasteiger partial charge in [-0.3, -0.25) is 4.79 Å². The highest BCUT2D eigenvalue weighted by Crippen LogP contribution is 2.72. The van der Waals surface area contributed by atoms with Crippen LogP contribution in [0.4, 0.5) is 0 Å². The molecule has 1 heterocycles. The molecule has 0 spiro atoms. The number of aromatic nitrogens is 1. The molecule has 0 N–H and O–H groups in total. The van der Waals surface area contributed by atoms with Gasteiger partial charge in [0.25, 0.3) is 0 Å². The Morgan fingerprint density at radius 2 is 1.79 bits per heavy atom. The van der Waals surface area contributed by atoms with Gasteiger partial charge in [-0.2, -0.15) is 0 Å². The minimum atomic E-state index is -0.184. The van der Waals surface area contributed by atoms with Crippen LogP contribution < -0.4 is 0 Å². The summed E-state index contributed by atoms with van der Waals surface area (Å²) >= 11 is 0. The smallest absolute Gasteiger partial charge is 0.302 e. The van der Waals surface area contributed by atoms with E-state index in [1.54, 1.807) is 6.92 Å². The van der Waals surface area contributed by atoms with E-state index in [1.807, 2.05) is 0 Å². The fraction of sp³-hybridized carbons (Fsp3) is 0.774. The number of carbonyl (C=O) groups excluding carboxylic acids is 1. The van der Waals surface area contributed by atoms with E-state index in [0.717, 1.165) is 18.9 Å². The Labute approximate surface area is 207 Å². The van der Waals surface area contributed by atoms with E-state index in [-0.39, 0.29) is 22.9 Å². The lowest BCUT2D eigenvalue weighted by Crippen LogP contribution is -2.66. The zero-order valence-corrected chi connectivity index (χ0v) is 22.9. The van der Waals surface area contributed by atoms with Gasteiger partial charge in [-0.1, -0.05) is 67.0 Å². The molecule has 0 saturated heterocycles. The maximum Gasteiger partial charge on any atom is 0.302 e. The molecule has 3 fully saturated rings. The Morgan fingerprint density at radius 1 is 1.06 bits per heavy atom. The maximum absolute atomic E-state index is 12.5. The first-order chi connectivity index (χ1) is 15.8. The molecule has 3 nitrogen and oxygen atoms in total. The van der Waals surface area contributed by atoms with Crippen molar-refractivity contribution in [3.05, 3.63) is 29.6 Å². The highest BCUT2D eigenvalue weighted by atomic mass is 16.5. The molecule has 34 heavy (non-hydrogen) atoms. The van der Waals surface area contributed by atoms with Gasteiger partial charge in [-0.15, -0.1) is 0 Å². The summed E-state index contributed by atoms with van der Waals surface area (Å²) < 4.78 is 8.67. The molecule has 0 radical (unpaired) electrons. The first kappa shape index (κ1) is 24.2. The molecule has 0 amide bonds. The molecule has 0 aliphatic heterocycles. The molecule has 4 aliphatic rings. The van der Waals surface area contributed by atoms with Crippen molar-refractivity contribution in [1.82, 2.24) is 4.57 Å². The lowest BCUT2D eigenvalue weighted by atomic mass is 9.36. The average Bonchev–Trinajstić information content (AvgIpc) is 3.11. The summed E-state index contributed by atoms with van der Waals surface area (Å²) in [4.78, 5) is 12.5. The summed E-state index contributed by atoms with van der Waals surface area (Å²) in [6, 6.07) is 0. The van der Waals surface area contributed by atoms with Crippen LogP contribution in [0.5, 0.6) is 0 Å². The zero-order chi connectivity index (χ0) is 24.7. The molecule has 7 atom stereocenters. The molecule has 5 rings (SSSR count). The second-order valence-electron chi connectivity index (χ2n) is 14.2. The molecule has 1 aromatic rings. The molecular weight excluding hydrogens is 418 g/mol. The van der Waals surface area contributed by atoms with Crippen molar-refractivity contribution in [1.29, 1.82) is 0 Å². The summed E-state index contributed by atoms with van der Waals surface area (Å²) in [7, 11) is 0. The van der Waals surface area contributed by atoms with Crippen molar-refractivity contribution in [2.75, 3.05) is 0 Å². The largest absolute Gasteiger partial charge is 0.462 e. The van der Waals surface area contributed by atoms with Gasteiger partial charge >= 0.3 is 5.97 Å². The Bertz CT molecular complexity index is 1000. The molecule has 188 valence electrons. The monoisotopic (exact) mass is 465 g/mol. The third-order valence-electron chi connectivity index (χ3n) is 11.2. The van der Waals surface area contributed by atoms with Crippen LogP contribution in [-0.2, 0) is 21.5 Å². The quantitative estimate of drug-likeness (QED) is 0.430. The highest BCUT2D eigenvalue weighted by molar-refractivity contribution is 5.67. The lowest BCUT2D eigenvalue weighted by molar-refractivity contribution is -0.205. The topological polar surface area (TPSA) is 31.2 Å². The van der Waals surface area contributed by atoms with Crippen molar-refractivity contribution < 1.29 is 9.53 Å². The third-order valence-corrected chi connectivity index (χ3v) is 11.2. The minimum Gasteiger partial charge on any atom is -0.462 e. The number of rotatable bonds is 3. The lowest BCUT2D eigenvalue weighted by Gasteiger charge is -2.69. The zero-order valence-electron chi connectivity index (χ0n) is 22.9. The van der Waals surface area contributed by atoms with E-state index in [9.17, 15) is 4.79 Å². The van der Waals surface area contributed by atoms with Crippen LogP contribution in [0.25, 0.3) is 6.08 Å². The predicted octanol–water partition coefficient (Wildman–Crippen LogP) is 7.63. The predicted molar refractivity (Wildman–Crippen MR) is 139 cm³/mol. The van der Waals surface area contributed by atoms with E-state index in [0.29, 0.717) is 28.6 Å². The van der Waals surface area contributed by atoms with Crippen molar-refractivity contribution in [2.45, 2.75) is 112 Å². The molecule has 0 aromatic carbocycles. The standard InChI is InChI=1S/C31H47NO2/c1-20(2)17-32-18-22-10-11-25-30(7)15-12-24-28(4,5)13-9-14-29(24,6)26(30)16-27(34-21(3)33)31(25,8)23(22)19-32/h10-11,18-20,24-27H,9,12-17H2,1-8H3/t24?,25?,26?,27?,29-,30-,31+/m0/s1. The van der Waals surface area contributed by atoms with Crippen LogP contribution in [0.3, 0.4) is 0 Å². The van der Waals surface area contributed by atoms with E-state index in [2.05, 4.69) is 77.6 Å². The number of allylic oxidation sites excluding steroid dienone is 1. The maximum atomic E-state index is 12.5. The van der Waals surface area contributed by atoms with Crippen molar-refractivity contribution in [3.63, 3.8) is 0 Å². The van der Waals surface area contributed by atoms with Crippen LogP contribution in [0.15, 0.2) is 18.5 Å². The number of hydrogen-bond acceptors (Lipinski definition) is 2. The fourth-order valence-corrected chi connectivity index (χ4v) is 9.91. The molecule has 4 aliphatic carbocycles. The number of hydrogen-bond donors (Lipinski definition) is 0. The molecule has 3 heteroatoms. The second-order valence-corrected chi connectivity index (χ2v) is 14.2. The molecule has 3 saturated carbocycles. The number of fused-ring (bicyclic) bond motifs is 7. The molecule has 4 unspecified atom stereocenters. The number of ether oxygens (including phenoxy) is 1. The van der Waals surface area contributed by atoms with Crippen LogP contribution in [0, 0.1) is 39.9 Å². The van der Waals surface area contributed by atoms with Crippen molar-refractivity contribution in [3.8, 4) is 0 Å². The second kappa shape index (κ2) is 7.74. The summed E-state index contributed by atoms with van der Waals surface area (Å²) in [5, 5.41) is 0. The highest BCUT2D eigenvalue weighted by Gasteiger charge is 2.67. The third kappa shape index (κ3) is 3.31. The van der Waals surface area contributed by atoms with Gasteiger partial charge < -0.3 is 9.30 Å². The summed E-state index contributed by atoms with van der Waals surface area (Å²) in [5.74, 6) is 2.18. The normalized spacial score (nSPS) is 42.4. The summed E-state index contributed by atoms with van der Waals surface area (Å²) in [5.41, 5.74) is 3.46. The van der Waals surface area contributed by atoms with E-state index in [1.165, 1.54) is 43.2 Å². The molecular formula is C31H47NO2. The molecule has 1 aromatic heterocycles. The van der Waals surface area contributed by atoms with Crippen LogP contribution in [0.1, 0.15) is 105 Å². The van der Waals surface area contributed by atoms with Crippen molar-refractivity contribution >= 4 is 12.0 Å².